The van der Waals surface area contributed by atoms with Gasteiger partial charge >= 0.3 is 0 Å². The van der Waals surface area contributed by atoms with Crippen LogP contribution < -0.4 is 0 Å². The molecule has 18 heavy (non-hydrogen) atoms. The van der Waals surface area contributed by atoms with Crippen LogP contribution in [0, 0.1) is 0 Å². The molecule has 0 saturated heterocycles. The van der Waals surface area contributed by atoms with Gasteiger partial charge in [-0.25, -0.2) is 0 Å². The first-order chi connectivity index (χ1) is 8.69. The highest BCUT2D eigenvalue weighted by Gasteiger charge is 2.23. The summed E-state index contributed by atoms with van der Waals surface area (Å²) in [5.74, 6) is 0.0869. The molecule has 0 bridgehead atoms. The number of hydrogen-bond acceptors (Lipinski definition) is 4. The molecule has 0 aromatic rings. The second kappa shape index (κ2) is 8.45. The number of likely N-dealkylation sites (N-methyl/N-ethyl adjacent to an activating group) is 1. The summed E-state index contributed by atoms with van der Waals surface area (Å²) < 4.78 is 0. The van der Waals surface area contributed by atoms with E-state index in [1.54, 1.807) is 4.90 Å². The maximum atomic E-state index is 12.1. The molecule has 0 spiro atoms. The van der Waals surface area contributed by atoms with Crippen molar-refractivity contribution in [3.05, 3.63) is 0 Å². The van der Waals surface area contributed by atoms with E-state index in [9.17, 15) is 4.79 Å². The van der Waals surface area contributed by atoms with E-state index in [0.29, 0.717) is 19.1 Å². The van der Waals surface area contributed by atoms with E-state index in [0.717, 1.165) is 12.8 Å². The minimum absolute atomic E-state index is 0.0143. The Kier molecular flexibility index (Phi) is 7.23. The quantitative estimate of drug-likeness (QED) is 0.678. The molecule has 0 radical (unpaired) electrons. The number of amides is 1. The first kappa shape index (κ1) is 15.4. The molecule has 1 rings (SSSR count). The van der Waals surface area contributed by atoms with Crippen LogP contribution in [0.15, 0.2) is 0 Å². The molecule has 1 aliphatic carbocycles. The molecule has 0 aliphatic heterocycles. The smallest absolute Gasteiger partial charge is 0.236 e. The molecule has 0 heterocycles. The van der Waals surface area contributed by atoms with E-state index in [1.165, 1.54) is 19.3 Å². The second-order valence-electron chi connectivity index (χ2n) is 5.02. The first-order valence-electron chi connectivity index (χ1n) is 6.88. The summed E-state index contributed by atoms with van der Waals surface area (Å²) in [4.78, 5) is 15.8. The summed E-state index contributed by atoms with van der Waals surface area (Å²) in [5.41, 5.74) is 0. The normalized spacial score (nSPS) is 17.1. The summed E-state index contributed by atoms with van der Waals surface area (Å²) in [6, 6.07) is 0.372. The lowest BCUT2D eigenvalue weighted by molar-refractivity contribution is -0.134. The molecule has 0 atom stereocenters. The average molecular weight is 258 g/mol. The third-order valence-corrected chi connectivity index (χ3v) is 3.71. The van der Waals surface area contributed by atoms with Gasteiger partial charge in [-0.1, -0.05) is 19.3 Å². The van der Waals surface area contributed by atoms with Crippen molar-refractivity contribution in [3.8, 4) is 0 Å². The van der Waals surface area contributed by atoms with Crippen LogP contribution in [0.25, 0.3) is 0 Å². The van der Waals surface area contributed by atoms with Crippen molar-refractivity contribution in [2.75, 3.05) is 39.9 Å². The van der Waals surface area contributed by atoms with Crippen LogP contribution in [-0.2, 0) is 4.79 Å². The maximum absolute atomic E-state index is 12.1. The van der Waals surface area contributed by atoms with E-state index in [4.69, 9.17) is 10.2 Å². The number of carbonyl (C=O) groups excluding carboxylic acids is 1. The van der Waals surface area contributed by atoms with Gasteiger partial charge in [0.15, 0.2) is 0 Å². The molecule has 1 saturated carbocycles. The van der Waals surface area contributed by atoms with E-state index in [-0.39, 0.29) is 25.7 Å². The molecule has 0 unspecified atom stereocenters. The highest BCUT2D eigenvalue weighted by Crippen LogP contribution is 2.21. The average Bonchev–Trinajstić information content (AvgIpc) is 2.39. The summed E-state index contributed by atoms with van der Waals surface area (Å²) in [7, 11) is 1.87. The molecule has 5 heteroatoms. The first-order valence-corrected chi connectivity index (χ1v) is 6.88. The Morgan fingerprint density at radius 1 is 1.11 bits per heavy atom. The maximum Gasteiger partial charge on any atom is 0.236 e. The molecule has 1 aliphatic rings. The van der Waals surface area contributed by atoms with Crippen molar-refractivity contribution in [3.63, 3.8) is 0 Å². The monoisotopic (exact) mass is 258 g/mol. The fourth-order valence-corrected chi connectivity index (χ4v) is 2.53. The molecule has 5 nitrogen and oxygen atoms in total. The van der Waals surface area contributed by atoms with Gasteiger partial charge < -0.3 is 15.1 Å². The van der Waals surface area contributed by atoms with Gasteiger partial charge in [-0.05, 0) is 12.8 Å². The Morgan fingerprint density at radius 3 is 2.17 bits per heavy atom. The van der Waals surface area contributed by atoms with Gasteiger partial charge in [-0.15, -0.1) is 0 Å². The molecule has 2 N–H and O–H groups in total. The van der Waals surface area contributed by atoms with Crippen molar-refractivity contribution in [1.82, 2.24) is 9.80 Å². The van der Waals surface area contributed by atoms with Gasteiger partial charge in [0, 0.05) is 26.2 Å². The van der Waals surface area contributed by atoms with E-state index in [1.807, 2.05) is 11.9 Å². The SMILES string of the molecule is CN(C(=O)CN(CCO)CCO)C1CCCCC1. The second-order valence-corrected chi connectivity index (χ2v) is 5.02. The molecule has 0 aromatic heterocycles. The fraction of sp³-hybridized carbons (Fsp3) is 0.923. The highest BCUT2D eigenvalue weighted by molar-refractivity contribution is 5.78. The minimum atomic E-state index is 0.0143. The van der Waals surface area contributed by atoms with Crippen molar-refractivity contribution in [2.45, 2.75) is 38.1 Å². The molecule has 106 valence electrons. The highest BCUT2D eigenvalue weighted by atomic mass is 16.3. The van der Waals surface area contributed by atoms with Crippen molar-refractivity contribution in [2.24, 2.45) is 0 Å². The van der Waals surface area contributed by atoms with Gasteiger partial charge in [0.1, 0.15) is 0 Å². The molecule has 1 amide bonds. The third kappa shape index (κ3) is 4.92. The van der Waals surface area contributed by atoms with E-state index < -0.39 is 0 Å². The Bertz CT molecular complexity index is 236. The van der Waals surface area contributed by atoms with Gasteiger partial charge in [0.2, 0.25) is 5.91 Å². The number of aliphatic hydroxyl groups is 2. The molecular formula is C13H26N2O3. The summed E-state index contributed by atoms with van der Waals surface area (Å²) >= 11 is 0. The largest absolute Gasteiger partial charge is 0.395 e. The summed E-state index contributed by atoms with van der Waals surface area (Å²) in [6.45, 7) is 1.19. The topological polar surface area (TPSA) is 64.0 Å². The summed E-state index contributed by atoms with van der Waals surface area (Å²) in [6.07, 6.45) is 5.89. The number of hydrogen-bond donors (Lipinski definition) is 2. The van der Waals surface area contributed by atoms with Crippen LogP contribution >= 0.6 is 0 Å². The van der Waals surface area contributed by atoms with Crippen LogP contribution in [0.3, 0.4) is 0 Å². The van der Waals surface area contributed by atoms with Crippen molar-refractivity contribution in [1.29, 1.82) is 0 Å². The van der Waals surface area contributed by atoms with Crippen LogP contribution in [0.1, 0.15) is 32.1 Å². The van der Waals surface area contributed by atoms with Gasteiger partial charge in [0.05, 0.1) is 19.8 Å². The summed E-state index contributed by atoms with van der Waals surface area (Å²) in [5, 5.41) is 17.8. The Labute approximate surface area is 109 Å². The van der Waals surface area contributed by atoms with Crippen LogP contribution in [-0.4, -0.2) is 71.9 Å². The molecular weight excluding hydrogens is 232 g/mol. The predicted molar refractivity (Wildman–Crippen MR) is 70.3 cm³/mol. The van der Waals surface area contributed by atoms with E-state index >= 15 is 0 Å². The number of aliphatic hydroxyl groups excluding tert-OH is 2. The number of carbonyl (C=O) groups is 1. The van der Waals surface area contributed by atoms with Gasteiger partial charge in [0.25, 0.3) is 0 Å². The Hall–Kier alpha value is -0.650. The lowest BCUT2D eigenvalue weighted by Crippen LogP contribution is -2.45. The number of nitrogens with zero attached hydrogens (tertiary/aromatic N) is 2. The minimum Gasteiger partial charge on any atom is -0.395 e. The zero-order valence-electron chi connectivity index (χ0n) is 11.3. The number of rotatable bonds is 7. The predicted octanol–water partition coefficient (Wildman–Crippen LogP) is 0.0641. The van der Waals surface area contributed by atoms with E-state index in [2.05, 4.69) is 0 Å². The lowest BCUT2D eigenvalue weighted by Gasteiger charge is -2.32. The third-order valence-electron chi connectivity index (χ3n) is 3.71. The molecule has 0 aromatic carbocycles. The fourth-order valence-electron chi connectivity index (χ4n) is 2.53. The lowest BCUT2D eigenvalue weighted by atomic mass is 9.94. The van der Waals surface area contributed by atoms with Crippen LogP contribution in [0.2, 0.25) is 0 Å². The molecule has 1 fully saturated rings. The van der Waals surface area contributed by atoms with Crippen LogP contribution in [0.4, 0.5) is 0 Å². The zero-order chi connectivity index (χ0) is 13.4. The van der Waals surface area contributed by atoms with Gasteiger partial charge in [-0.2, -0.15) is 0 Å². The standard InChI is InChI=1S/C13H26N2O3/c1-14(12-5-3-2-4-6-12)13(18)11-15(7-9-16)8-10-17/h12,16-17H,2-11H2,1H3. The van der Waals surface area contributed by atoms with Crippen molar-refractivity contribution >= 4 is 5.91 Å². The van der Waals surface area contributed by atoms with Crippen molar-refractivity contribution < 1.29 is 15.0 Å². The Balaban J connectivity index is 2.40. The Morgan fingerprint density at radius 2 is 1.67 bits per heavy atom. The zero-order valence-corrected chi connectivity index (χ0v) is 11.3. The van der Waals surface area contributed by atoms with Gasteiger partial charge in [-0.3, -0.25) is 9.69 Å². The van der Waals surface area contributed by atoms with Crippen LogP contribution in [0.5, 0.6) is 0 Å².